The van der Waals surface area contributed by atoms with Crippen molar-refractivity contribution < 1.29 is 10.2 Å². The molecule has 0 fully saturated rings. The lowest BCUT2D eigenvalue weighted by atomic mass is 9.78. The molecule has 0 aliphatic carbocycles. The van der Waals surface area contributed by atoms with Crippen LogP contribution in [-0.2, 0) is 10.8 Å². The van der Waals surface area contributed by atoms with Crippen LogP contribution >= 0.6 is 0 Å². The normalized spacial score (nSPS) is 11.9. The number of phenols is 2. The van der Waals surface area contributed by atoms with Gasteiger partial charge < -0.3 is 15.5 Å². The molecule has 33 heavy (non-hydrogen) atoms. The van der Waals surface area contributed by atoms with Crippen LogP contribution in [0.15, 0.2) is 97.1 Å². The van der Waals surface area contributed by atoms with Gasteiger partial charge in [0.1, 0.15) is 11.5 Å². The maximum Gasteiger partial charge on any atom is 0.115 e. The number of benzene rings is 4. The molecule has 168 valence electrons. The second-order valence-corrected chi connectivity index (χ2v) is 9.62. The molecule has 0 aliphatic rings. The van der Waals surface area contributed by atoms with Crippen molar-refractivity contribution in [2.45, 2.75) is 38.5 Å². The lowest BCUT2D eigenvalue weighted by Crippen LogP contribution is -2.18. The summed E-state index contributed by atoms with van der Waals surface area (Å²) >= 11 is 0. The second-order valence-electron chi connectivity index (χ2n) is 9.62. The summed E-state index contributed by atoms with van der Waals surface area (Å²) in [6.07, 6.45) is 0. The highest BCUT2D eigenvalue weighted by molar-refractivity contribution is 5.61. The SMILES string of the molecule is CC(C)(c1ccc(O)cc1)c1ccc(Nc2ccc(C(C)(C)c3ccc(O)cc3)cc2)cc1. The highest BCUT2D eigenvalue weighted by Crippen LogP contribution is 2.35. The lowest BCUT2D eigenvalue weighted by molar-refractivity contribution is 0.474. The van der Waals surface area contributed by atoms with Crippen molar-refractivity contribution in [3.63, 3.8) is 0 Å². The molecule has 3 nitrogen and oxygen atoms in total. The molecule has 0 unspecified atom stereocenters. The topological polar surface area (TPSA) is 52.5 Å². The minimum Gasteiger partial charge on any atom is -0.508 e. The summed E-state index contributed by atoms with van der Waals surface area (Å²) in [6.45, 7) is 8.76. The molecule has 3 heteroatoms. The van der Waals surface area contributed by atoms with Gasteiger partial charge in [0.2, 0.25) is 0 Å². The molecule has 4 aromatic carbocycles. The van der Waals surface area contributed by atoms with E-state index in [4.69, 9.17) is 0 Å². The molecule has 0 bridgehead atoms. The van der Waals surface area contributed by atoms with E-state index in [1.54, 1.807) is 24.3 Å². The first kappa shape index (κ1) is 22.5. The summed E-state index contributed by atoms with van der Waals surface area (Å²) in [5.74, 6) is 0.568. The Kier molecular flexibility index (Phi) is 5.90. The number of rotatable bonds is 6. The molecule has 0 heterocycles. The smallest absolute Gasteiger partial charge is 0.115 e. The Bertz CT molecular complexity index is 1110. The quantitative estimate of drug-likeness (QED) is 0.293. The fourth-order valence-electron chi connectivity index (χ4n) is 4.20. The molecule has 0 amide bonds. The molecule has 0 radical (unpaired) electrons. The summed E-state index contributed by atoms with van der Waals surface area (Å²) in [4.78, 5) is 0. The van der Waals surface area contributed by atoms with Crippen LogP contribution in [0.5, 0.6) is 11.5 Å². The van der Waals surface area contributed by atoms with E-state index in [2.05, 4.69) is 81.5 Å². The molecule has 0 spiro atoms. The molecule has 4 aromatic rings. The number of hydrogen-bond acceptors (Lipinski definition) is 3. The van der Waals surface area contributed by atoms with E-state index < -0.39 is 0 Å². The van der Waals surface area contributed by atoms with Gasteiger partial charge in [0.15, 0.2) is 0 Å². The summed E-state index contributed by atoms with van der Waals surface area (Å²) in [6, 6.07) is 31.9. The zero-order valence-corrected chi connectivity index (χ0v) is 19.6. The van der Waals surface area contributed by atoms with Crippen molar-refractivity contribution in [3.05, 3.63) is 119 Å². The average molecular weight is 438 g/mol. The van der Waals surface area contributed by atoms with Gasteiger partial charge in [-0.15, -0.1) is 0 Å². The van der Waals surface area contributed by atoms with Crippen LogP contribution in [0.2, 0.25) is 0 Å². The van der Waals surface area contributed by atoms with Crippen LogP contribution in [0.25, 0.3) is 0 Å². The van der Waals surface area contributed by atoms with Crippen LogP contribution in [0.3, 0.4) is 0 Å². The summed E-state index contributed by atoms with van der Waals surface area (Å²) in [7, 11) is 0. The van der Waals surface area contributed by atoms with Gasteiger partial charge in [0, 0.05) is 22.2 Å². The van der Waals surface area contributed by atoms with Crippen molar-refractivity contribution in [1.29, 1.82) is 0 Å². The number of hydrogen-bond donors (Lipinski definition) is 3. The van der Waals surface area contributed by atoms with E-state index in [0.717, 1.165) is 22.5 Å². The molecule has 0 saturated heterocycles. The first-order chi connectivity index (χ1) is 15.7. The van der Waals surface area contributed by atoms with E-state index in [0.29, 0.717) is 0 Å². The summed E-state index contributed by atoms with van der Waals surface area (Å²) in [5, 5.41) is 22.7. The number of anilines is 2. The van der Waals surface area contributed by atoms with E-state index in [-0.39, 0.29) is 22.3 Å². The third-order valence-corrected chi connectivity index (χ3v) is 6.68. The van der Waals surface area contributed by atoms with Crippen molar-refractivity contribution in [2.75, 3.05) is 5.32 Å². The van der Waals surface area contributed by atoms with E-state index in [1.807, 2.05) is 24.3 Å². The zero-order chi connectivity index (χ0) is 23.6. The Hall–Kier alpha value is -3.72. The molecule has 0 aliphatic heterocycles. The largest absolute Gasteiger partial charge is 0.508 e. The van der Waals surface area contributed by atoms with Crippen LogP contribution in [0.4, 0.5) is 11.4 Å². The zero-order valence-electron chi connectivity index (χ0n) is 19.6. The minimum atomic E-state index is -0.159. The van der Waals surface area contributed by atoms with Crippen molar-refractivity contribution in [3.8, 4) is 11.5 Å². The van der Waals surface area contributed by atoms with E-state index >= 15 is 0 Å². The van der Waals surface area contributed by atoms with Gasteiger partial charge in [-0.3, -0.25) is 0 Å². The molecule has 0 atom stereocenters. The maximum atomic E-state index is 9.58. The predicted molar refractivity (Wildman–Crippen MR) is 137 cm³/mol. The Labute approximate surface area is 196 Å². The average Bonchev–Trinajstić information content (AvgIpc) is 2.80. The van der Waals surface area contributed by atoms with E-state index in [1.165, 1.54) is 11.1 Å². The molecule has 3 N–H and O–H groups in total. The van der Waals surface area contributed by atoms with Gasteiger partial charge in [-0.1, -0.05) is 76.2 Å². The van der Waals surface area contributed by atoms with Crippen molar-refractivity contribution in [1.82, 2.24) is 0 Å². The third-order valence-electron chi connectivity index (χ3n) is 6.68. The minimum absolute atomic E-state index is 0.159. The first-order valence-electron chi connectivity index (χ1n) is 11.2. The monoisotopic (exact) mass is 437 g/mol. The van der Waals surface area contributed by atoms with Crippen LogP contribution in [-0.4, -0.2) is 10.2 Å². The van der Waals surface area contributed by atoms with Gasteiger partial charge in [-0.2, -0.15) is 0 Å². The van der Waals surface area contributed by atoms with Gasteiger partial charge in [0.25, 0.3) is 0 Å². The molecular formula is C30H31NO2. The summed E-state index contributed by atoms with van der Waals surface area (Å²) < 4.78 is 0. The predicted octanol–water partition coefficient (Wildman–Crippen LogP) is 7.49. The molecule has 0 saturated carbocycles. The fraction of sp³-hybridized carbons (Fsp3) is 0.200. The second kappa shape index (κ2) is 8.67. The Balaban J connectivity index is 1.48. The highest BCUT2D eigenvalue weighted by Gasteiger charge is 2.24. The Morgan fingerprint density at radius 2 is 0.667 bits per heavy atom. The molecule has 0 aromatic heterocycles. The first-order valence-corrected chi connectivity index (χ1v) is 11.2. The maximum absolute atomic E-state index is 9.58. The van der Waals surface area contributed by atoms with Gasteiger partial charge in [0.05, 0.1) is 0 Å². The molecular weight excluding hydrogens is 406 g/mol. The Morgan fingerprint density at radius 1 is 0.424 bits per heavy atom. The Morgan fingerprint density at radius 3 is 0.939 bits per heavy atom. The summed E-state index contributed by atoms with van der Waals surface area (Å²) in [5.41, 5.74) is 6.49. The number of nitrogens with one attached hydrogen (secondary N) is 1. The van der Waals surface area contributed by atoms with Crippen molar-refractivity contribution >= 4 is 11.4 Å². The number of aromatic hydroxyl groups is 2. The third kappa shape index (κ3) is 4.73. The van der Waals surface area contributed by atoms with Gasteiger partial charge >= 0.3 is 0 Å². The molecule has 4 rings (SSSR count). The van der Waals surface area contributed by atoms with Crippen molar-refractivity contribution in [2.24, 2.45) is 0 Å². The fourth-order valence-corrected chi connectivity index (χ4v) is 4.20. The van der Waals surface area contributed by atoms with Crippen LogP contribution in [0.1, 0.15) is 49.9 Å². The van der Waals surface area contributed by atoms with Gasteiger partial charge in [-0.25, -0.2) is 0 Å². The van der Waals surface area contributed by atoms with Gasteiger partial charge in [-0.05, 0) is 70.8 Å². The van der Waals surface area contributed by atoms with Crippen LogP contribution in [0, 0.1) is 0 Å². The number of phenolic OH excluding ortho intramolecular Hbond substituents is 2. The highest BCUT2D eigenvalue weighted by atomic mass is 16.3. The lowest BCUT2D eigenvalue weighted by Gasteiger charge is -2.27. The standard InChI is InChI=1S/C30H31NO2/c1-29(2,23-9-17-27(32)18-10-23)21-5-13-25(14-6-21)31-26-15-7-22(8-16-26)30(3,4)24-11-19-28(33)20-12-24/h5-20,31-33H,1-4H3. The van der Waals surface area contributed by atoms with Crippen LogP contribution < -0.4 is 5.32 Å². The van der Waals surface area contributed by atoms with E-state index in [9.17, 15) is 10.2 Å².